The van der Waals surface area contributed by atoms with Gasteiger partial charge in [-0.2, -0.15) is 0 Å². The average Bonchev–Trinajstić information content (AvgIpc) is 3.28. The first-order valence-corrected chi connectivity index (χ1v) is 11.3. The third-order valence-corrected chi connectivity index (χ3v) is 5.95. The van der Waals surface area contributed by atoms with Crippen molar-refractivity contribution in [2.75, 3.05) is 5.32 Å². The van der Waals surface area contributed by atoms with Gasteiger partial charge in [0, 0.05) is 5.56 Å². The van der Waals surface area contributed by atoms with Gasteiger partial charge in [-0.25, -0.2) is 4.98 Å². The van der Waals surface area contributed by atoms with Gasteiger partial charge in [0.1, 0.15) is 10.7 Å². The van der Waals surface area contributed by atoms with Crippen molar-refractivity contribution < 1.29 is 9.59 Å². The van der Waals surface area contributed by atoms with E-state index >= 15 is 0 Å². The number of amides is 2. The van der Waals surface area contributed by atoms with Crippen LogP contribution in [-0.4, -0.2) is 16.8 Å². The Kier molecular flexibility index (Phi) is 6.94. The summed E-state index contributed by atoms with van der Waals surface area (Å²) in [4.78, 5) is 30.2. The van der Waals surface area contributed by atoms with Crippen LogP contribution in [-0.2, 0) is 4.79 Å². The van der Waals surface area contributed by atoms with E-state index in [9.17, 15) is 9.59 Å². The highest BCUT2D eigenvalue weighted by molar-refractivity contribution is 7.14. The average molecular weight is 462 g/mol. The molecule has 7 heteroatoms. The maximum atomic E-state index is 13.0. The van der Waals surface area contributed by atoms with E-state index in [0.29, 0.717) is 15.6 Å². The van der Waals surface area contributed by atoms with E-state index in [4.69, 9.17) is 11.6 Å². The number of hydrogen-bond acceptors (Lipinski definition) is 4. The first kappa shape index (κ1) is 21.7. The van der Waals surface area contributed by atoms with Crippen LogP contribution in [0.15, 0.2) is 90.4 Å². The van der Waals surface area contributed by atoms with Crippen LogP contribution < -0.4 is 10.6 Å². The molecule has 0 bridgehead atoms. The number of carbonyl (C=O) groups is 2. The molecule has 5 nitrogen and oxygen atoms in total. The number of rotatable bonds is 7. The van der Waals surface area contributed by atoms with E-state index in [1.165, 1.54) is 11.3 Å². The Hall–Kier alpha value is -3.48. The molecule has 4 rings (SSSR count). The zero-order valence-corrected chi connectivity index (χ0v) is 18.6. The minimum Gasteiger partial charge on any atom is -0.345 e. The molecule has 0 unspecified atom stereocenters. The predicted molar refractivity (Wildman–Crippen MR) is 129 cm³/mol. The number of hydrogen-bond donors (Lipinski definition) is 2. The number of halogens is 1. The Bertz CT molecular complexity index is 1210. The van der Waals surface area contributed by atoms with E-state index in [1.54, 1.807) is 29.8 Å². The molecule has 1 aromatic heterocycles. The molecular formula is C25H20ClN3O2S. The SMILES string of the molecule is O=C(C[C@H](NC(=O)c1ccccc1Cl)c1ccccc1)Nc1scnc1-c1ccccc1. The summed E-state index contributed by atoms with van der Waals surface area (Å²) in [7, 11) is 0. The lowest BCUT2D eigenvalue weighted by Gasteiger charge is -2.19. The summed E-state index contributed by atoms with van der Waals surface area (Å²) in [6.45, 7) is 0. The molecule has 2 N–H and O–H groups in total. The van der Waals surface area contributed by atoms with Crippen molar-refractivity contribution in [3.8, 4) is 11.3 Å². The number of nitrogens with zero attached hydrogens (tertiary/aromatic N) is 1. The Morgan fingerprint density at radius 3 is 2.28 bits per heavy atom. The molecule has 0 aliphatic carbocycles. The number of aromatic nitrogens is 1. The van der Waals surface area contributed by atoms with Crippen LogP contribution in [0.5, 0.6) is 0 Å². The quantitative estimate of drug-likeness (QED) is 0.356. The van der Waals surface area contributed by atoms with Gasteiger partial charge < -0.3 is 10.6 Å². The summed E-state index contributed by atoms with van der Waals surface area (Å²) in [6.07, 6.45) is 0.0618. The van der Waals surface area contributed by atoms with E-state index < -0.39 is 6.04 Å². The third-order valence-electron chi connectivity index (χ3n) is 4.88. The van der Waals surface area contributed by atoms with Crippen molar-refractivity contribution in [2.45, 2.75) is 12.5 Å². The number of nitrogens with one attached hydrogen (secondary N) is 2. The number of anilines is 1. The van der Waals surface area contributed by atoms with Gasteiger partial charge in [0.25, 0.3) is 5.91 Å². The Morgan fingerprint density at radius 1 is 0.906 bits per heavy atom. The molecule has 0 spiro atoms. The standard InChI is InChI=1S/C25H20ClN3O2S/c26-20-14-8-7-13-19(20)24(31)28-21(17-9-3-1-4-10-17)15-22(30)29-25-23(27-16-32-25)18-11-5-2-6-12-18/h1-14,16,21H,15H2,(H,28,31)(H,29,30)/t21-/m0/s1. The molecule has 1 heterocycles. The second-order valence-corrected chi connectivity index (χ2v) is 8.33. The first-order valence-electron chi connectivity index (χ1n) is 10.0. The molecule has 2 amide bonds. The van der Waals surface area contributed by atoms with Crippen LogP contribution in [0.3, 0.4) is 0 Å². The van der Waals surface area contributed by atoms with Crippen LogP contribution in [0.25, 0.3) is 11.3 Å². The maximum absolute atomic E-state index is 13.0. The van der Waals surface area contributed by atoms with Crippen molar-refractivity contribution in [2.24, 2.45) is 0 Å². The van der Waals surface area contributed by atoms with Crippen molar-refractivity contribution in [3.63, 3.8) is 0 Å². The van der Waals surface area contributed by atoms with Gasteiger partial charge in [-0.1, -0.05) is 84.4 Å². The second kappa shape index (κ2) is 10.2. The normalized spacial score (nSPS) is 11.5. The summed E-state index contributed by atoms with van der Waals surface area (Å²) in [5.74, 6) is -0.556. The highest BCUT2D eigenvalue weighted by Crippen LogP contribution is 2.31. The van der Waals surface area contributed by atoms with Gasteiger partial charge in [-0.15, -0.1) is 11.3 Å². The Morgan fingerprint density at radius 2 is 1.56 bits per heavy atom. The van der Waals surface area contributed by atoms with Crippen LogP contribution in [0.4, 0.5) is 5.00 Å². The Balaban J connectivity index is 1.52. The van der Waals surface area contributed by atoms with Gasteiger partial charge in [-0.3, -0.25) is 9.59 Å². The molecule has 160 valence electrons. The number of benzene rings is 3. The van der Waals surface area contributed by atoms with Crippen molar-refractivity contribution in [1.29, 1.82) is 0 Å². The molecule has 0 saturated carbocycles. The molecule has 0 aliphatic rings. The number of carbonyl (C=O) groups excluding carboxylic acids is 2. The Labute approximate surface area is 195 Å². The lowest BCUT2D eigenvalue weighted by Crippen LogP contribution is -2.31. The molecule has 0 fully saturated rings. The summed E-state index contributed by atoms with van der Waals surface area (Å²) < 4.78 is 0. The summed E-state index contributed by atoms with van der Waals surface area (Å²) in [6, 6.07) is 25.4. The molecule has 0 saturated heterocycles. The topological polar surface area (TPSA) is 71.1 Å². The lowest BCUT2D eigenvalue weighted by molar-refractivity contribution is -0.116. The third kappa shape index (κ3) is 5.22. The summed E-state index contributed by atoms with van der Waals surface area (Å²) in [5.41, 5.74) is 4.54. The first-order chi connectivity index (χ1) is 15.6. The van der Waals surface area contributed by atoms with E-state index in [-0.39, 0.29) is 18.2 Å². The fourth-order valence-corrected chi connectivity index (χ4v) is 4.26. The largest absolute Gasteiger partial charge is 0.345 e. The van der Waals surface area contributed by atoms with Crippen LogP contribution in [0.2, 0.25) is 5.02 Å². The molecular weight excluding hydrogens is 442 g/mol. The van der Waals surface area contributed by atoms with Crippen LogP contribution in [0, 0.1) is 0 Å². The van der Waals surface area contributed by atoms with Gasteiger partial charge in [0.15, 0.2) is 0 Å². The van der Waals surface area contributed by atoms with Crippen molar-refractivity contribution in [3.05, 3.63) is 107 Å². The smallest absolute Gasteiger partial charge is 0.253 e. The fraction of sp³-hybridized carbons (Fsp3) is 0.0800. The van der Waals surface area contributed by atoms with Crippen molar-refractivity contribution in [1.82, 2.24) is 10.3 Å². The molecule has 32 heavy (non-hydrogen) atoms. The second-order valence-electron chi connectivity index (χ2n) is 7.06. The zero-order chi connectivity index (χ0) is 22.3. The molecule has 3 aromatic carbocycles. The number of thiazole rings is 1. The summed E-state index contributed by atoms with van der Waals surface area (Å²) in [5, 5.41) is 6.94. The van der Waals surface area contributed by atoms with E-state index in [0.717, 1.165) is 16.8 Å². The highest BCUT2D eigenvalue weighted by Gasteiger charge is 2.21. The monoisotopic (exact) mass is 461 g/mol. The molecule has 1 atom stereocenters. The van der Waals surface area contributed by atoms with Crippen LogP contribution >= 0.6 is 22.9 Å². The van der Waals surface area contributed by atoms with E-state index in [1.807, 2.05) is 60.7 Å². The maximum Gasteiger partial charge on any atom is 0.253 e. The minimum atomic E-state index is -0.520. The molecule has 0 radical (unpaired) electrons. The lowest BCUT2D eigenvalue weighted by atomic mass is 10.0. The fourth-order valence-electron chi connectivity index (χ4n) is 3.32. The predicted octanol–water partition coefficient (Wildman–Crippen LogP) is 5.96. The summed E-state index contributed by atoms with van der Waals surface area (Å²) >= 11 is 7.54. The molecule has 4 aromatic rings. The minimum absolute atomic E-state index is 0.0618. The van der Waals surface area contributed by atoms with Gasteiger partial charge in [-0.05, 0) is 17.7 Å². The van der Waals surface area contributed by atoms with Crippen molar-refractivity contribution >= 4 is 39.8 Å². The zero-order valence-electron chi connectivity index (χ0n) is 17.0. The highest BCUT2D eigenvalue weighted by atomic mass is 35.5. The van der Waals surface area contributed by atoms with Gasteiger partial charge >= 0.3 is 0 Å². The molecule has 0 aliphatic heterocycles. The van der Waals surface area contributed by atoms with Crippen LogP contribution in [0.1, 0.15) is 28.4 Å². The van der Waals surface area contributed by atoms with Gasteiger partial charge in [0.2, 0.25) is 5.91 Å². The van der Waals surface area contributed by atoms with Gasteiger partial charge in [0.05, 0.1) is 28.6 Å². The van der Waals surface area contributed by atoms with E-state index in [2.05, 4.69) is 15.6 Å².